The second-order valence-corrected chi connectivity index (χ2v) is 17.1. The lowest BCUT2D eigenvalue weighted by molar-refractivity contribution is -0.139. The lowest BCUT2D eigenvalue weighted by atomic mass is 9.79. The van der Waals surface area contributed by atoms with Crippen LogP contribution in [-0.2, 0) is 33.7 Å². The molecule has 0 unspecified atom stereocenters. The minimum absolute atomic E-state index is 0.0315. The summed E-state index contributed by atoms with van der Waals surface area (Å²) in [4.78, 5) is 32.1. The van der Waals surface area contributed by atoms with E-state index >= 15 is 0 Å². The van der Waals surface area contributed by atoms with Crippen LogP contribution >= 0.6 is 23.2 Å². The summed E-state index contributed by atoms with van der Waals surface area (Å²) in [7, 11) is 1.70. The van der Waals surface area contributed by atoms with Gasteiger partial charge in [0.25, 0.3) is 0 Å². The fourth-order valence-corrected chi connectivity index (χ4v) is 8.10. The number of benzene rings is 3. The monoisotopic (exact) mass is 850 g/mol. The van der Waals surface area contributed by atoms with Gasteiger partial charge in [0, 0.05) is 45.8 Å². The van der Waals surface area contributed by atoms with Crippen LogP contribution < -0.4 is 14.2 Å². The van der Waals surface area contributed by atoms with Crippen LogP contribution in [0.2, 0.25) is 10.0 Å². The molecule has 3 aromatic carbocycles. The lowest BCUT2D eigenvalue weighted by Gasteiger charge is -2.40. The van der Waals surface area contributed by atoms with Crippen LogP contribution in [0.4, 0.5) is 4.79 Å². The van der Waals surface area contributed by atoms with Crippen molar-refractivity contribution in [1.82, 2.24) is 30.4 Å². The first-order valence-corrected chi connectivity index (χ1v) is 21.2. The first kappa shape index (κ1) is 44.0. The topological polar surface area (TPSA) is 141 Å². The number of nitrogens with one attached hydrogen (secondary N) is 1. The minimum atomic E-state index is -0.659. The standard InChI is InChI=1S/C44H56Cl2N6O7/c1-29-22-38(45)41(39(46)23-29)58-21-20-57-34-14-10-32(11-15-34)36-16-17-51(43(54)59-44(2,3)4)28-37(36)42(53)52(33-12-13-33)27-31-24-30(8-6-18-55-5)25-35(26-31)56-19-7-9-40-47-49-50-48-40/h10-11,14-15,22-26,33,36-37H,6-9,12-13,16-21,27-28H2,1-5H3,(H,47,48,49,50)/t36-,37+/m1/s1. The summed E-state index contributed by atoms with van der Waals surface area (Å²) >= 11 is 12.7. The Morgan fingerprint density at radius 3 is 2.24 bits per heavy atom. The third-order valence-corrected chi connectivity index (χ3v) is 10.9. The zero-order valence-electron chi connectivity index (χ0n) is 34.7. The Hall–Kier alpha value is -4.59. The number of hydrogen-bond donors (Lipinski definition) is 1. The number of H-pyrrole nitrogens is 1. The summed E-state index contributed by atoms with van der Waals surface area (Å²) < 4.78 is 29.2. The summed E-state index contributed by atoms with van der Waals surface area (Å²) in [5.74, 6) is 1.94. The first-order chi connectivity index (χ1) is 28.4. The molecule has 2 heterocycles. The minimum Gasteiger partial charge on any atom is -0.494 e. The predicted molar refractivity (Wildman–Crippen MR) is 225 cm³/mol. The van der Waals surface area contributed by atoms with Crippen LogP contribution in [0, 0.1) is 12.8 Å². The SMILES string of the molecule is COCCCc1cc(CN(C(=O)[C@H]2CN(C(=O)OC(C)(C)C)CC[C@@H]2c2ccc(OCCOc3c(Cl)cc(C)cc3Cl)cc2)C2CC2)cc(OCCCc2nn[nH]n2)c1. The molecular formula is C44H56Cl2N6O7. The molecule has 1 aromatic heterocycles. The number of nitrogens with zero attached hydrogens (tertiary/aromatic N) is 5. The van der Waals surface area contributed by atoms with Gasteiger partial charge in [-0.25, -0.2) is 4.79 Å². The second kappa shape index (κ2) is 20.6. The molecule has 13 nitrogen and oxygen atoms in total. The Morgan fingerprint density at radius 2 is 1.56 bits per heavy atom. The lowest BCUT2D eigenvalue weighted by Crippen LogP contribution is -2.51. The predicted octanol–water partition coefficient (Wildman–Crippen LogP) is 8.40. The number of amides is 2. The summed E-state index contributed by atoms with van der Waals surface area (Å²) in [5.41, 5.74) is 3.43. The number of hydrogen-bond acceptors (Lipinski definition) is 10. The quantitative estimate of drug-likeness (QED) is 0.0915. The highest BCUT2D eigenvalue weighted by molar-refractivity contribution is 6.37. The Bertz CT molecular complexity index is 1970. The molecule has 0 spiro atoms. The molecule has 4 aromatic rings. The molecule has 0 bridgehead atoms. The Kier molecular flexibility index (Phi) is 15.3. The fourth-order valence-electron chi connectivity index (χ4n) is 7.39. The molecule has 15 heteroatoms. The van der Waals surface area contributed by atoms with Crippen LogP contribution in [0.1, 0.15) is 86.9 Å². The Labute approximate surface area is 357 Å². The van der Waals surface area contributed by atoms with Crippen LogP contribution in [-0.4, -0.2) is 101 Å². The largest absolute Gasteiger partial charge is 0.494 e. The molecule has 2 amide bonds. The van der Waals surface area contributed by atoms with Gasteiger partial charge in [-0.05, 0) is 131 Å². The molecule has 1 N–H and O–H groups in total. The molecule has 1 saturated heterocycles. The second-order valence-electron chi connectivity index (χ2n) is 16.3. The maximum absolute atomic E-state index is 15.0. The van der Waals surface area contributed by atoms with Crippen molar-refractivity contribution in [1.29, 1.82) is 0 Å². The molecule has 318 valence electrons. The maximum Gasteiger partial charge on any atom is 0.410 e. The smallest absolute Gasteiger partial charge is 0.410 e. The molecule has 0 radical (unpaired) electrons. The number of methoxy groups -OCH3 is 1. The highest BCUT2D eigenvalue weighted by atomic mass is 35.5. The molecule has 2 fully saturated rings. The van der Waals surface area contributed by atoms with E-state index in [0.717, 1.165) is 60.1 Å². The van der Waals surface area contributed by atoms with Gasteiger partial charge in [0.1, 0.15) is 30.3 Å². The number of aryl methyl sites for hydroxylation is 3. The van der Waals surface area contributed by atoms with E-state index in [1.54, 1.807) is 24.1 Å². The van der Waals surface area contributed by atoms with E-state index in [2.05, 4.69) is 32.8 Å². The van der Waals surface area contributed by atoms with Gasteiger partial charge < -0.3 is 33.5 Å². The molecule has 1 aliphatic heterocycles. The number of tetrazole rings is 1. The van der Waals surface area contributed by atoms with E-state index in [1.165, 1.54) is 0 Å². The van der Waals surface area contributed by atoms with E-state index < -0.39 is 17.6 Å². The third kappa shape index (κ3) is 12.9. The zero-order valence-corrected chi connectivity index (χ0v) is 36.2. The summed E-state index contributed by atoms with van der Waals surface area (Å²) in [6.45, 7) is 10.3. The van der Waals surface area contributed by atoms with Crippen LogP contribution in [0.5, 0.6) is 17.2 Å². The van der Waals surface area contributed by atoms with Gasteiger partial charge in [-0.15, -0.1) is 10.2 Å². The van der Waals surface area contributed by atoms with E-state index in [4.69, 9.17) is 46.9 Å². The summed E-state index contributed by atoms with van der Waals surface area (Å²) in [6.07, 6.45) is 5.12. The number of rotatable bonds is 19. The highest BCUT2D eigenvalue weighted by Gasteiger charge is 2.43. The van der Waals surface area contributed by atoms with E-state index in [1.807, 2.05) is 62.9 Å². The molecule has 2 atom stereocenters. The van der Waals surface area contributed by atoms with E-state index in [9.17, 15) is 9.59 Å². The molecule has 6 rings (SSSR count). The Morgan fingerprint density at radius 1 is 0.864 bits per heavy atom. The molecular weight excluding hydrogens is 795 g/mol. The van der Waals surface area contributed by atoms with Gasteiger partial charge in [0.2, 0.25) is 5.91 Å². The van der Waals surface area contributed by atoms with Crippen molar-refractivity contribution in [3.63, 3.8) is 0 Å². The molecule has 2 aliphatic rings. The van der Waals surface area contributed by atoms with E-state index in [-0.39, 0.29) is 37.6 Å². The van der Waals surface area contributed by atoms with Gasteiger partial charge in [0.05, 0.1) is 22.6 Å². The molecule has 59 heavy (non-hydrogen) atoms. The van der Waals surface area contributed by atoms with Gasteiger partial charge in [-0.3, -0.25) is 4.79 Å². The molecule has 1 aliphatic carbocycles. The summed E-state index contributed by atoms with van der Waals surface area (Å²) in [6, 6.07) is 17.9. The normalized spacial score (nSPS) is 16.8. The van der Waals surface area contributed by atoms with Gasteiger partial charge in [-0.2, -0.15) is 5.21 Å². The van der Waals surface area contributed by atoms with Crippen LogP contribution in [0.15, 0.2) is 54.6 Å². The number of carbonyl (C=O) groups is 2. The van der Waals surface area contributed by atoms with Crippen molar-refractivity contribution >= 4 is 35.2 Å². The average Bonchev–Trinajstić information content (AvgIpc) is 3.91. The van der Waals surface area contributed by atoms with E-state index in [0.29, 0.717) is 66.5 Å². The number of aromatic nitrogens is 4. The van der Waals surface area contributed by atoms with Gasteiger partial charge in [-0.1, -0.05) is 46.6 Å². The van der Waals surface area contributed by atoms with Crippen molar-refractivity contribution in [2.24, 2.45) is 5.92 Å². The van der Waals surface area contributed by atoms with Crippen molar-refractivity contribution < 1.29 is 33.3 Å². The fraction of sp³-hybridized carbons (Fsp3) is 0.523. The van der Waals surface area contributed by atoms with Crippen molar-refractivity contribution in [2.45, 2.75) is 96.7 Å². The number of piperidine rings is 1. The first-order valence-electron chi connectivity index (χ1n) is 20.4. The average molecular weight is 852 g/mol. The summed E-state index contributed by atoms with van der Waals surface area (Å²) in [5, 5.41) is 15.1. The third-order valence-electron chi connectivity index (χ3n) is 10.3. The zero-order chi connectivity index (χ0) is 41.9. The van der Waals surface area contributed by atoms with Crippen molar-refractivity contribution in [3.05, 3.63) is 92.7 Å². The number of aromatic amines is 1. The number of halogens is 2. The number of carbonyl (C=O) groups excluding carboxylic acids is 2. The van der Waals surface area contributed by atoms with Crippen molar-refractivity contribution in [3.8, 4) is 17.2 Å². The number of ether oxygens (including phenoxy) is 5. The Balaban J connectivity index is 1.17. The maximum atomic E-state index is 15.0. The highest BCUT2D eigenvalue weighted by Crippen LogP contribution is 2.39. The van der Waals surface area contributed by atoms with Crippen LogP contribution in [0.3, 0.4) is 0 Å². The molecule has 1 saturated carbocycles. The van der Waals surface area contributed by atoms with Crippen molar-refractivity contribution in [2.75, 3.05) is 46.6 Å². The van der Waals surface area contributed by atoms with Gasteiger partial charge >= 0.3 is 6.09 Å². The van der Waals surface area contributed by atoms with Gasteiger partial charge in [0.15, 0.2) is 11.6 Å². The number of likely N-dealkylation sites (tertiary alicyclic amines) is 1. The van der Waals surface area contributed by atoms with Crippen LogP contribution in [0.25, 0.3) is 0 Å².